The molecule has 3 N–H and O–H groups in total. The van der Waals surface area contributed by atoms with Gasteiger partial charge in [-0.15, -0.1) is 0 Å². The number of ketones is 3. The van der Waals surface area contributed by atoms with Gasteiger partial charge in [-0.2, -0.15) is 0 Å². The van der Waals surface area contributed by atoms with Gasteiger partial charge >= 0.3 is 12.2 Å². The molecule has 0 radical (unpaired) electrons. The molecule has 0 heterocycles. The van der Waals surface area contributed by atoms with E-state index in [0.717, 1.165) is 0 Å². The van der Waals surface area contributed by atoms with Crippen LogP contribution < -0.4 is 10.6 Å². The molecule has 198 valence electrons. The third-order valence-electron chi connectivity index (χ3n) is 4.12. The highest BCUT2D eigenvalue weighted by atomic mass is 16.6. The maximum absolute atomic E-state index is 11.3. The van der Waals surface area contributed by atoms with Crippen LogP contribution in [0.4, 0.5) is 9.59 Å². The molecule has 11 heteroatoms. The molecule has 0 bridgehead atoms. The number of aldehydes is 1. The third-order valence-corrected chi connectivity index (χ3v) is 4.12. The molecule has 2 aliphatic carbocycles. The van der Waals surface area contributed by atoms with E-state index in [1.165, 1.54) is 0 Å². The van der Waals surface area contributed by atoms with Crippen molar-refractivity contribution in [2.45, 2.75) is 91.3 Å². The number of aliphatic hydroxyl groups is 1. The van der Waals surface area contributed by atoms with Crippen LogP contribution in [0.1, 0.15) is 80.1 Å². The van der Waals surface area contributed by atoms with E-state index in [2.05, 4.69) is 10.6 Å². The minimum absolute atomic E-state index is 0.00505. The van der Waals surface area contributed by atoms with Crippen molar-refractivity contribution in [1.82, 2.24) is 10.6 Å². The molecule has 0 aromatic rings. The van der Waals surface area contributed by atoms with Crippen LogP contribution in [0.5, 0.6) is 0 Å². The average Bonchev–Trinajstić information content (AvgIpc) is 3.22. The molecular weight excluding hydrogens is 460 g/mol. The van der Waals surface area contributed by atoms with Gasteiger partial charge in [0.1, 0.15) is 29.1 Å². The second kappa shape index (κ2) is 14.9. The van der Waals surface area contributed by atoms with Crippen molar-refractivity contribution < 1.29 is 43.3 Å². The largest absolute Gasteiger partial charge is 0.512 e. The van der Waals surface area contributed by atoms with Crippen LogP contribution in [0.3, 0.4) is 0 Å². The van der Waals surface area contributed by atoms with Crippen LogP contribution >= 0.6 is 0 Å². The molecule has 2 rings (SSSR count). The maximum atomic E-state index is 11.3. The number of hydrogen-bond acceptors (Lipinski definition) is 9. The number of carbonyl (C=O) groups is 6. The van der Waals surface area contributed by atoms with E-state index in [1.54, 1.807) is 41.5 Å². The van der Waals surface area contributed by atoms with Crippen LogP contribution in [-0.2, 0) is 28.7 Å². The smallest absolute Gasteiger partial charge is 0.408 e. The summed E-state index contributed by atoms with van der Waals surface area (Å²) in [6.45, 7) is 10.9. The molecule has 11 nitrogen and oxygen atoms in total. The van der Waals surface area contributed by atoms with Gasteiger partial charge in [-0.3, -0.25) is 14.4 Å². The summed E-state index contributed by atoms with van der Waals surface area (Å²) in [5.74, 6) is 0.324. The molecule has 1 saturated carbocycles. The molecule has 0 atom stereocenters. The Balaban J connectivity index is 0.000000548. The van der Waals surface area contributed by atoms with Gasteiger partial charge in [0.25, 0.3) is 0 Å². The van der Waals surface area contributed by atoms with Crippen molar-refractivity contribution in [3.8, 4) is 0 Å². The first-order valence-electron chi connectivity index (χ1n) is 11.4. The number of aliphatic hydroxyl groups excluding tert-OH is 1. The zero-order valence-electron chi connectivity index (χ0n) is 21.4. The Hall–Kier alpha value is -3.24. The Morgan fingerprint density at radius 2 is 1.34 bits per heavy atom. The lowest BCUT2D eigenvalue weighted by atomic mass is 10.1. The van der Waals surface area contributed by atoms with E-state index >= 15 is 0 Å². The van der Waals surface area contributed by atoms with Crippen molar-refractivity contribution in [2.24, 2.45) is 0 Å². The number of alkyl carbamates (subject to hydrolysis) is 2. The molecule has 2 aliphatic rings. The summed E-state index contributed by atoms with van der Waals surface area (Å²) in [6.07, 6.45) is 1.83. The predicted molar refractivity (Wildman–Crippen MR) is 127 cm³/mol. The molecule has 0 aliphatic heterocycles. The molecule has 0 aromatic carbocycles. The number of carbonyl (C=O) groups excluding carboxylic acids is 6. The topological polar surface area (TPSA) is 165 Å². The summed E-state index contributed by atoms with van der Waals surface area (Å²) in [5.41, 5.74) is -0.609. The van der Waals surface area contributed by atoms with Gasteiger partial charge in [-0.25, -0.2) is 9.59 Å². The number of nitrogens with one attached hydrogen (secondary N) is 2. The maximum Gasteiger partial charge on any atom is 0.408 e. The summed E-state index contributed by atoms with van der Waals surface area (Å²) in [4.78, 5) is 63.6. The summed E-state index contributed by atoms with van der Waals surface area (Å²) >= 11 is 0. The summed E-state index contributed by atoms with van der Waals surface area (Å²) in [7, 11) is 0. The second-order valence-corrected chi connectivity index (χ2v) is 9.83. The fourth-order valence-electron chi connectivity index (χ4n) is 2.70. The van der Waals surface area contributed by atoms with E-state index in [-0.39, 0.29) is 36.1 Å². The van der Waals surface area contributed by atoms with Crippen molar-refractivity contribution in [2.75, 3.05) is 13.1 Å². The second-order valence-electron chi connectivity index (χ2n) is 9.83. The highest BCUT2D eigenvalue weighted by Gasteiger charge is 2.23. The first-order valence-corrected chi connectivity index (χ1v) is 11.4. The zero-order chi connectivity index (χ0) is 27.2. The Morgan fingerprint density at radius 3 is 1.69 bits per heavy atom. The van der Waals surface area contributed by atoms with Gasteiger partial charge in [-0.05, 0) is 48.0 Å². The average molecular weight is 499 g/mol. The van der Waals surface area contributed by atoms with Crippen molar-refractivity contribution in [1.29, 1.82) is 0 Å². The van der Waals surface area contributed by atoms with Crippen molar-refractivity contribution in [3.63, 3.8) is 0 Å². The minimum Gasteiger partial charge on any atom is -0.512 e. The third kappa shape index (κ3) is 16.9. The van der Waals surface area contributed by atoms with Crippen LogP contribution in [0.2, 0.25) is 0 Å². The highest BCUT2D eigenvalue weighted by Crippen LogP contribution is 2.22. The molecule has 0 aromatic heterocycles. The van der Waals surface area contributed by atoms with Gasteiger partial charge in [0.05, 0.1) is 18.7 Å². The predicted octanol–water partition coefficient (Wildman–Crippen LogP) is 3.09. The number of Topliss-reactive ketones (excluding diaryl/α,β-unsaturated/α-hetero) is 3. The number of rotatable bonds is 5. The van der Waals surface area contributed by atoms with Gasteiger partial charge in [0, 0.05) is 37.8 Å². The zero-order valence-corrected chi connectivity index (χ0v) is 21.4. The molecule has 0 spiro atoms. The summed E-state index contributed by atoms with van der Waals surface area (Å²) in [5, 5.41) is 14.2. The monoisotopic (exact) mass is 498 g/mol. The van der Waals surface area contributed by atoms with Gasteiger partial charge < -0.3 is 30.0 Å². The minimum atomic E-state index is -0.565. The van der Waals surface area contributed by atoms with E-state index < -0.39 is 23.4 Å². The quantitative estimate of drug-likeness (QED) is 0.381. The fourth-order valence-corrected chi connectivity index (χ4v) is 2.70. The summed E-state index contributed by atoms with van der Waals surface area (Å²) in [6, 6.07) is 0. The van der Waals surface area contributed by atoms with Crippen LogP contribution in [0.25, 0.3) is 0 Å². The Bertz CT molecular complexity index is 804. The van der Waals surface area contributed by atoms with Crippen molar-refractivity contribution >= 4 is 35.8 Å². The fraction of sp³-hybridized carbons (Fsp3) is 0.667. The van der Waals surface area contributed by atoms with Crippen LogP contribution in [0, 0.1) is 0 Å². The number of amides is 2. The van der Waals surface area contributed by atoms with E-state index in [4.69, 9.17) is 9.47 Å². The van der Waals surface area contributed by atoms with Gasteiger partial charge in [0.15, 0.2) is 5.78 Å². The number of ether oxygens (including phenoxy) is 2. The SMILES string of the molecule is CC(C)(C)OC(=O)NCC=O.CC(C)(C)OC(=O)NCCC1=C(O)CCC1=O.O=C1CCC(=O)C1. The van der Waals surface area contributed by atoms with Gasteiger partial charge in [-0.1, -0.05) is 0 Å². The lowest BCUT2D eigenvalue weighted by molar-refractivity contribution is -0.121. The van der Waals surface area contributed by atoms with Crippen LogP contribution in [-0.4, -0.2) is 65.2 Å². The number of allylic oxidation sites excluding steroid dienone is 1. The molecule has 0 unspecified atom stereocenters. The molecular formula is C24H38N2O9. The lowest BCUT2D eigenvalue weighted by Crippen LogP contribution is -2.33. The van der Waals surface area contributed by atoms with E-state index in [1.807, 2.05) is 0 Å². The first-order chi connectivity index (χ1) is 16.0. The summed E-state index contributed by atoms with van der Waals surface area (Å²) < 4.78 is 9.87. The molecule has 0 saturated heterocycles. The number of hydrogen-bond donors (Lipinski definition) is 3. The Morgan fingerprint density at radius 1 is 0.857 bits per heavy atom. The molecule has 35 heavy (non-hydrogen) atoms. The van der Waals surface area contributed by atoms with Crippen molar-refractivity contribution in [3.05, 3.63) is 11.3 Å². The Labute approximate surface area is 206 Å². The van der Waals surface area contributed by atoms with Gasteiger partial charge in [0.2, 0.25) is 0 Å². The Kier molecular flexibility index (Phi) is 13.5. The molecule has 1 fully saturated rings. The normalized spacial score (nSPS) is 15.4. The highest BCUT2D eigenvalue weighted by molar-refractivity contribution is 6.05. The molecule has 2 amide bonds. The first kappa shape index (κ1) is 31.8. The standard InChI is InChI=1S/C12H19NO4.C7H13NO3.C5H6O2/c1-12(2,3)17-11(16)13-7-6-8-9(14)4-5-10(8)15;1-7(2,3)11-6(10)8-4-5-9;6-4-1-2-5(7)3-4/h14H,4-7H2,1-3H3,(H,13,16);5H,4H2,1-3H3,(H,8,10);1-3H2. The van der Waals surface area contributed by atoms with E-state index in [0.29, 0.717) is 50.5 Å². The van der Waals surface area contributed by atoms with Crippen LogP contribution in [0.15, 0.2) is 11.3 Å². The lowest BCUT2D eigenvalue weighted by Gasteiger charge is -2.19. The van der Waals surface area contributed by atoms with E-state index in [9.17, 15) is 33.9 Å².